The average molecular weight is 310 g/mol. The van der Waals surface area contributed by atoms with Gasteiger partial charge in [-0.25, -0.2) is 0 Å². The van der Waals surface area contributed by atoms with E-state index in [0.717, 1.165) is 42.3 Å². The maximum absolute atomic E-state index is 12.5. The third kappa shape index (κ3) is 3.59. The van der Waals surface area contributed by atoms with Gasteiger partial charge in [0.15, 0.2) is 0 Å². The average Bonchev–Trinajstić information content (AvgIpc) is 2.60. The Morgan fingerprint density at radius 1 is 1.30 bits per heavy atom. The van der Waals surface area contributed by atoms with Crippen molar-refractivity contribution in [2.75, 3.05) is 13.2 Å². The fraction of sp³-hybridized carbons (Fsp3) is 0.368. The predicted octanol–water partition coefficient (Wildman–Crippen LogP) is 3.01. The summed E-state index contributed by atoms with van der Waals surface area (Å²) in [4.78, 5) is 18.8. The topological polar surface area (TPSA) is 53.4 Å². The van der Waals surface area contributed by atoms with Crippen molar-refractivity contribution in [2.24, 2.45) is 0 Å². The summed E-state index contributed by atoms with van der Waals surface area (Å²) < 4.78 is 0. The Labute approximate surface area is 136 Å². The first-order valence-corrected chi connectivity index (χ1v) is 8.23. The third-order valence-corrected chi connectivity index (χ3v) is 4.46. The minimum atomic E-state index is 0.0315. The minimum absolute atomic E-state index is 0.0315. The summed E-state index contributed by atoms with van der Waals surface area (Å²) in [7, 11) is 0. The zero-order chi connectivity index (χ0) is 16.1. The van der Waals surface area contributed by atoms with Crippen LogP contribution in [0.2, 0.25) is 0 Å². The third-order valence-electron chi connectivity index (χ3n) is 4.46. The second kappa shape index (κ2) is 7.38. The zero-order valence-electron chi connectivity index (χ0n) is 13.2. The minimum Gasteiger partial charge on any atom is -0.396 e. The van der Waals surface area contributed by atoms with Crippen molar-refractivity contribution < 1.29 is 9.90 Å². The monoisotopic (exact) mass is 310 g/mol. The summed E-state index contributed by atoms with van der Waals surface area (Å²) in [5.74, 6) is 0.0315. The first-order valence-electron chi connectivity index (χ1n) is 8.23. The van der Waals surface area contributed by atoms with Crippen molar-refractivity contribution in [3.8, 4) is 0 Å². The van der Waals surface area contributed by atoms with Crippen molar-refractivity contribution in [3.63, 3.8) is 0 Å². The number of nitrogens with zero attached hydrogens (tertiary/aromatic N) is 2. The SMILES string of the molecule is O=C(/C=C/c1ccnc2ccccc12)N1CCCCC1CCO. The molecule has 1 aromatic carbocycles. The number of carbonyl (C=O) groups is 1. The highest BCUT2D eigenvalue weighted by atomic mass is 16.3. The van der Waals surface area contributed by atoms with Crippen LogP contribution < -0.4 is 0 Å². The molecule has 1 N–H and O–H groups in total. The van der Waals surface area contributed by atoms with Gasteiger partial charge in [-0.1, -0.05) is 18.2 Å². The number of fused-ring (bicyclic) bond motifs is 1. The first kappa shape index (κ1) is 15.7. The van der Waals surface area contributed by atoms with Crippen LogP contribution in [-0.4, -0.2) is 40.1 Å². The number of hydrogen-bond donors (Lipinski definition) is 1. The molecule has 1 unspecified atom stereocenters. The number of amides is 1. The number of hydrogen-bond acceptors (Lipinski definition) is 3. The molecule has 1 aliphatic rings. The predicted molar refractivity (Wildman–Crippen MR) is 91.8 cm³/mol. The summed E-state index contributed by atoms with van der Waals surface area (Å²) in [5, 5.41) is 10.2. The highest BCUT2D eigenvalue weighted by molar-refractivity contribution is 5.95. The molecule has 23 heavy (non-hydrogen) atoms. The van der Waals surface area contributed by atoms with Crippen LogP contribution in [-0.2, 0) is 4.79 Å². The molecule has 1 aliphatic heterocycles. The zero-order valence-corrected chi connectivity index (χ0v) is 13.2. The van der Waals surface area contributed by atoms with Gasteiger partial charge in [-0.05, 0) is 49.5 Å². The van der Waals surface area contributed by atoms with Gasteiger partial charge in [0.25, 0.3) is 0 Å². The summed E-state index contributed by atoms with van der Waals surface area (Å²) in [6.07, 6.45) is 9.11. The van der Waals surface area contributed by atoms with E-state index in [4.69, 9.17) is 0 Å². The van der Waals surface area contributed by atoms with Crippen LogP contribution in [0.5, 0.6) is 0 Å². The molecular weight excluding hydrogens is 288 g/mol. The van der Waals surface area contributed by atoms with E-state index >= 15 is 0 Å². The molecule has 4 nitrogen and oxygen atoms in total. The Morgan fingerprint density at radius 3 is 3.04 bits per heavy atom. The van der Waals surface area contributed by atoms with Gasteiger partial charge < -0.3 is 10.0 Å². The van der Waals surface area contributed by atoms with Gasteiger partial charge >= 0.3 is 0 Å². The summed E-state index contributed by atoms with van der Waals surface area (Å²) in [6, 6.07) is 10.0. The summed E-state index contributed by atoms with van der Waals surface area (Å²) in [5.41, 5.74) is 1.93. The van der Waals surface area contributed by atoms with Crippen LogP contribution in [0, 0.1) is 0 Å². The molecule has 120 valence electrons. The number of likely N-dealkylation sites (tertiary alicyclic amines) is 1. The number of pyridine rings is 1. The lowest BCUT2D eigenvalue weighted by Gasteiger charge is -2.34. The van der Waals surface area contributed by atoms with E-state index in [0.29, 0.717) is 6.42 Å². The van der Waals surface area contributed by atoms with Crippen molar-refractivity contribution >= 4 is 22.9 Å². The molecular formula is C19H22N2O2. The number of aromatic nitrogens is 1. The van der Waals surface area contributed by atoms with Crippen molar-refractivity contribution in [1.82, 2.24) is 9.88 Å². The Morgan fingerprint density at radius 2 is 2.17 bits per heavy atom. The maximum Gasteiger partial charge on any atom is 0.246 e. The Kier molecular flexibility index (Phi) is 5.03. The van der Waals surface area contributed by atoms with Crippen LogP contribution in [0.25, 0.3) is 17.0 Å². The summed E-state index contributed by atoms with van der Waals surface area (Å²) >= 11 is 0. The largest absolute Gasteiger partial charge is 0.396 e. The van der Waals surface area contributed by atoms with E-state index in [1.54, 1.807) is 12.3 Å². The van der Waals surface area contributed by atoms with Gasteiger partial charge in [-0.2, -0.15) is 0 Å². The van der Waals surface area contributed by atoms with Crippen molar-refractivity contribution in [2.45, 2.75) is 31.7 Å². The molecule has 0 radical (unpaired) electrons. The molecule has 0 spiro atoms. The van der Waals surface area contributed by atoms with Gasteiger partial charge in [-0.3, -0.25) is 9.78 Å². The number of aliphatic hydroxyl groups excluding tert-OH is 1. The molecule has 4 heteroatoms. The Balaban J connectivity index is 1.79. The van der Waals surface area contributed by atoms with E-state index in [1.807, 2.05) is 41.3 Å². The van der Waals surface area contributed by atoms with Gasteiger partial charge in [0, 0.05) is 36.9 Å². The van der Waals surface area contributed by atoms with Crippen LogP contribution in [0.15, 0.2) is 42.6 Å². The normalized spacial score (nSPS) is 18.7. The molecule has 2 heterocycles. The molecule has 1 saturated heterocycles. The lowest BCUT2D eigenvalue weighted by atomic mass is 9.99. The Hall–Kier alpha value is -2.20. The summed E-state index contributed by atoms with van der Waals surface area (Å²) in [6.45, 7) is 0.915. The smallest absolute Gasteiger partial charge is 0.246 e. The molecule has 2 aromatic rings. The fourth-order valence-corrected chi connectivity index (χ4v) is 3.26. The first-order chi connectivity index (χ1) is 11.3. The molecule has 1 amide bonds. The highest BCUT2D eigenvalue weighted by Gasteiger charge is 2.24. The van der Waals surface area contributed by atoms with E-state index in [-0.39, 0.29) is 18.6 Å². The lowest BCUT2D eigenvalue weighted by molar-refractivity contribution is -0.129. The van der Waals surface area contributed by atoms with Gasteiger partial charge in [-0.15, -0.1) is 0 Å². The van der Waals surface area contributed by atoms with Gasteiger partial charge in [0.2, 0.25) is 5.91 Å². The number of aliphatic hydroxyl groups is 1. The molecule has 0 aliphatic carbocycles. The van der Waals surface area contributed by atoms with E-state index in [9.17, 15) is 9.90 Å². The highest BCUT2D eigenvalue weighted by Crippen LogP contribution is 2.21. The molecule has 1 aromatic heterocycles. The number of benzene rings is 1. The van der Waals surface area contributed by atoms with E-state index in [2.05, 4.69) is 4.98 Å². The number of carbonyl (C=O) groups excluding carboxylic acids is 1. The molecule has 3 rings (SSSR count). The van der Waals surface area contributed by atoms with E-state index in [1.165, 1.54) is 0 Å². The van der Waals surface area contributed by atoms with E-state index < -0.39 is 0 Å². The van der Waals surface area contributed by atoms with Crippen LogP contribution >= 0.6 is 0 Å². The Bertz CT molecular complexity index is 704. The standard InChI is InChI=1S/C19H22N2O2/c22-14-11-16-5-3-4-13-21(16)19(23)9-8-15-10-12-20-18-7-2-1-6-17(15)18/h1-2,6-10,12,16,22H,3-5,11,13-14H2/b9-8+. The van der Waals surface area contributed by atoms with Crippen LogP contribution in [0.1, 0.15) is 31.2 Å². The quantitative estimate of drug-likeness (QED) is 0.883. The van der Waals surface area contributed by atoms with Crippen LogP contribution in [0.3, 0.4) is 0 Å². The second-order valence-corrected chi connectivity index (χ2v) is 5.94. The second-order valence-electron chi connectivity index (χ2n) is 5.94. The number of para-hydroxylation sites is 1. The van der Waals surface area contributed by atoms with Crippen molar-refractivity contribution in [1.29, 1.82) is 0 Å². The fourth-order valence-electron chi connectivity index (χ4n) is 3.26. The molecule has 1 fully saturated rings. The van der Waals surface area contributed by atoms with Gasteiger partial charge in [0.1, 0.15) is 0 Å². The lowest BCUT2D eigenvalue weighted by Crippen LogP contribution is -2.43. The van der Waals surface area contributed by atoms with Crippen molar-refractivity contribution in [3.05, 3.63) is 48.2 Å². The van der Waals surface area contributed by atoms with Gasteiger partial charge in [0.05, 0.1) is 5.52 Å². The molecule has 0 saturated carbocycles. The number of piperidine rings is 1. The molecule has 0 bridgehead atoms. The molecule has 1 atom stereocenters. The maximum atomic E-state index is 12.5. The number of rotatable bonds is 4. The van der Waals surface area contributed by atoms with Crippen LogP contribution in [0.4, 0.5) is 0 Å².